The van der Waals surface area contributed by atoms with Gasteiger partial charge in [-0.15, -0.1) is 0 Å². The minimum Gasteiger partial charge on any atom is -0.484 e. The van der Waals surface area contributed by atoms with E-state index in [1.807, 2.05) is 6.07 Å². The number of aryl methyl sites for hydroxylation is 1. The van der Waals surface area contributed by atoms with Crippen LogP contribution < -0.4 is 10.1 Å². The molecule has 1 N–H and O–H groups in total. The predicted octanol–water partition coefficient (Wildman–Crippen LogP) is 5.99. The Morgan fingerprint density at radius 3 is 2.43 bits per heavy atom. The first kappa shape index (κ1) is 24.3. The number of amides is 1. The third-order valence-electron chi connectivity index (χ3n) is 5.75. The number of alkyl halides is 1. The number of benzene rings is 3. The lowest BCUT2D eigenvalue weighted by Gasteiger charge is -2.28. The van der Waals surface area contributed by atoms with E-state index >= 15 is 0 Å². The van der Waals surface area contributed by atoms with Crippen molar-refractivity contribution < 1.29 is 22.7 Å². The maximum Gasteiger partial charge on any atom is 0.257 e. The van der Waals surface area contributed by atoms with Crippen LogP contribution in [0.5, 0.6) is 5.75 Å². The second kappa shape index (κ2) is 9.44. The Kier molecular flexibility index (Phi) is 6.56. The fourth-order valence-corrected chi connectivity index (χ4v) is 3.72. The maximum atomic E-state index is 14.4. The number of carbonyl (C=O) groups is 1. The molecule has 0 saturated carbocycles. The molecule has 0 saturated heterocycles. The monoisotopic (exact) mass is 481 g/mol. The van der Waals surface area contributed by atoms with Crippen molar-refractivity contribution in [3.05, 3.63) is 89.6 Å². The van der Waals surface area contributed by atoms with Gasteiger partial charge >= 0.3 is 0 Å². The van der Waals surface area contributed by atoms with Crippen LogP contribution in [0.1, 0.15) is 38.0 Å². The van der Waals surface area contributed by atoms with Crippen LogP contribution in [0.3, 0.4) is 0 Å². The summed E-state index contributed by atoms with van der Waals surface area (Å²) in [4.78, 5) is 12.3. The Morgan fingerprint density at radius 2 is 1.77 bits per heavy atom. The zero-order valence-corrected chi connectivity index (χ0v) is 19.9. The summed E-state index contributed by atoms with van der Waals surface area (Å²) in [6, 6.07) is 15.3. The molecule has 0 bridgehead atoms. The Balaban J connectivity index is 1.66. The Bertz CT molecular complexity index is 1360. The Labute approximate surface area is 201 Å². The van der Waals surface area contributed by atoms with E-state index in [0.29, 0.717) is 22.6 Å². The normalized spacial score (nSPS) is 13.5. The number of halogens is 3. The molecule has 0 fully saturated rings. The molecular formula is C27H26F3N3O2. The third kappa shape index (κ3) is 5.31. The van der Waals surface area contributed by atoms with Crippen molar-refractivity contribution in [1.29, 1.82) is 0 Å². The lowest BCUT2D eigenvalue weighted by molar-refractivity contribution is -0.132. The van der Waals surface area contributed by atoms with E-state index in [2.05, 4.69) is 10.4 Å². The summed E-state index contributed by atoms with van der Waals surface area (Å²) in [5.41, 5.74) is 0.379. The maximum absolute atomic E-state index is 14.4. The van der Waals surface area contributed by atoms with Gasteiger partial charge in [-0.2, -0.15) is 5.10 Å². The van der Waals surface area contributed by atoms with E-state index in [1.54, 1.807) is 61.1 Å². The topological polar surface area (TPSA) is 56.1 Å². The van der Waals surface area contributed by atoms with Crippen molar-refractivity contribution in [1.82, 2.24) is 15.1 Å². The van der Waals surface area contributed by atoms with Gasteiger partial charge in [0, 0.05) is 5.39 Å². The molecule has 0 aliphatic carbocycles. The summed E-state index contributed by atoms with van der Waals surface area (Å²) in [6.45, 7) is 5.67. The summed E-state index contributed by atoms with van der Waals surface area (Å²) in [7, 11) is 0. The van der Waals surface area contributed by atoms with E-state index in [4.69, 9.17) is 4.74 Å². The molecule has 1 amide bonds. The smallest absolute Gasteiger partial charge is 0.257 e. The van der Waals surface area contributed by atoms with Gasteiger partial charge in [-0.25, -0.2) is 17.9 Å². The summed E-state index contributed by atoms with van der Waals surface area (Å²) in [5, 5.41) is 7.78. The summed E-state index contributed by atoms with van der Waals surface area (Å²) >= 11 is 0. The van der Waals surface area contributed by atoms with E-state index in [1.165, 1.54) is 32.0 Å². The zero-order chi connectivity index (χ0) is 25.3. The molecule has 0 spiro atoms. The molecule has 8 heteroatoms. The summed E-state index contributed by atoms with van der Waals surface area (Å²) in [6.07, 6.45) is 0.865. The van der Waals surface area contributed by atoms with Crippen molar-refractivity contribution >= 4 is 16.8 Å². The quantitative estimate of drug-likeness (QED) is 0.353. The van der Waals surface area contributed by atoms with E-state index in [9.17, 15) is 18.0 Å². The van der Waals surface area contributed by atoms with Crippen LogP contribution >= 0.6 is 0 Å². The van der Waals surface area contributed by atoms with Crippen LogP contribution in [0.2, 0.25) is 0 Å². The van der Waals surface area contributed by atoms with Crippen LogP contribution in [0.15, 0.2) is 66.9 Å². The molecule has 4 rings (SSSR count). The summed E-state index contributed by atoms with van der Waals surface area (Å²) in [5.74, 6) is -1.07. The number of aromatic nitrogens is 2. The van der Waals surface area contributed by atoms with Crippen LogP contribution in [0.25, 0.3) is 16.6 Å². The molecule has 5 nitrogen and oxygen atoms in total. The van der Waals surface area contributed by atoms with Crippen molar-refractivity contribution in [2.24, 2.45) is 0 Å². The number of hydrogen-bond donors (Lipinski definition) is 1. The Morgan fingerprint density at radius 1 is 1.06 bits per heavy atom. The standard InChI is InChI=1S/C27H26F3N3O2/c1-16-5-6-18(14-23(16)29)25(17(2)32-26(34)27(3,4)30)35-22-11-12-24-19(13-22)15-31-33(24)21-9-7-20(28)8-10-21/h5-15,17,25H,1-4H3,(H,32,34)/t17-,25+/m0/s1. The SMILES string of the molecule is Cc1ccc([C@H](Oc2ccc3c(cnn3-c3ccc(F)cc3)c2)[C@H](C)NC(=O)C(C)(C)F)cc1F. The molecular weight excluding hydrogens is 455 g/mol. The van der Waals surface area contributed by atoms with Gasteiger partial charge in [0.05, 0.1) is 23.4 Å². The van der Waals surface area contributed by atoms with Gasteiger partial charge in [-0.05, 0) is 87.4 Å². The van der Waals surface area contributed by atoms with Gasteiger partial charge in [-0.3, -0.25) is 4.79 Å². The molecule has 0 aliphatic rings. The molecule has 3 aromatic carbocycles. The van der Waals surface area contributed by atoms with Crippen LogP contribution in [0.4, 0.5) is 13.2 Å². The van der Waals surface area contributed by atoms with Crippen molar-refractivity contribution in [2.45, 2.75) is 45.5 Å². The highest BCUT2D eigenvalue weighted by atomic mass is 19.1. The molecule has 2 atom stereocenters. The molecule has 182 valence electrons. The number of carbonyl (C=O) groups excluding carboxylic acids is 1. The molecule has 1 heterocycles. The number of rotatable bonds is 7. The van der Waals surface area contributed by atoms with Crippen molar-refractivity contribution in [3.63, 3.8) is 0 Å². The minimum absolute atomic E-state index is 0.336. The lowest BCUT2D eigenvalue weighted by atomic mass is 10.0. The number of nitrogens with one attached hydrogen (secondary N) is 1. The lowest BCUT2D eigenvalue weighted by Crippen LogP contribution is -2.46. The molecule has 1 aromatic heterocycles. The molecule has 0 radical (unpaired) electrons. The van der Waals surface area contributed by atoms with E-state index < -0.39 is 29.5 Å². The number of fused-ring (bicyclic) bond motifs is 1. The summed E-state index contributed by atoms with van der Waals surface area (Å²) < 4.78 is 49.7. The van der Waals surface area contributed by atoms with Gasteiger partial charge in [0.15, 0.2) is 5.67 Å². The molecule has 0 unspecified atom stereocenters. The highest BCUT2D eigenvalue weighted by Crippen LogP contribution is 2.30. The highest BCUT2D eigenvalue weighted by Gasteiger charge is 2.31. The predicted molar refractivity (Wildman–Crippen MR) is 128 cm³/mol. The van der Waals surface area contributed by atoms with Crippen LogP contribution in [-0.2, 0) is 4.79 Å². The first-order chi connectivity index (χ1) is 16.5. The average molecular weight is 482 g/mol. The Hall–Kier alpha value is -3.81. The van der Waals surface area contributed by atoms with Gasteiger partial charge in [-0.1, -0.05) is 12.1 Å². The third-order valence-corrected chi connectivity index (χ3v) is 5.75. The van der Waals surface area contributed by atoms with Crippen molar-refractivity contribution in [3.8, 4) is 11.4 Å². The largest absolute Gasteiger partial charge is 0.484 e. The molecule has 4 aromatic rings. The second-order valence-corrected chi connectivity index (χ2v) is 9.04. The van der Waals surface area contributed by atoms with Crippen LogP contribution in [-0.4, -0.2) is 27.4 Å². The van der Waals surface area contributed by atoms with Crippen LogP contribution in [0, 0.1) is 18.6 Å². The number of nitrogens with zero attached hydrogens (tertiary/aromatic N) is 2. The average Bonchev–Trinajstić information content (AvgIpc) is 3.22. The first-order valence-corrected chi connectivity index (χ1v) is 11.2. The van der Waals surface area contributed by atoms with Gasteiger partial charge in [0.25, 0.3) is 5.91 Å². The van der Waals surface area contributed by atoms with Gasteiger partial charge in [0.2, 0.25) is 0 Å². The van der Waals surface area contributed by atoms with Gasteiger partial charge in [0.1, 0.15) is 23.5 Å². The van der Waals surface area contributed by atoms with Crippen molar-refractivity contribution in [2.75, 3.05) is 0 Å². The van der Waals surface area contributed by atoms with E-state index in [0.717, 1.165) is 10.9 Å². The second-order valence-electron chi connectivity index (χ2n) is 9.04. The molecule has 0 aliphatic heterocycles. The fourth-order valence-electron chi connectivity index (χ4n) is 3.72. The molecule has 35 heavy (non-hydrogen) atoms. The minimum atomic E-state index is -2.08. The number of ether oxygens (including phenoxy) is 1. The first-order valence-electron chi connectivity index (χ1n) is 11.2. The highest BCUT2D eigenvalue weighted by molar-refractivity contribution is 5.84. The van der Waals surface area contributed by atoms with Gasteiger partial charge < -0.3 is 10.1 Å². The fraction of sp³-hybridized carbons (Fsp3) is 0.259. The van der Waals surface area contributed by atoms with E-state index in [-0.39, 0.29) is 5.82 Å². The zero-order valence-electron chi connectivity index (χ0n) is 19.9. The number of hydrogen-bond acceptors (Lipinski definition) is 3.